The van der Waals surface area contributed by atoms with Crippen molar-refractivity contribution in [2.75, 3.05) is 20.2 Å². The normalized spacial score (nSPS) is 16.9. The second kappa shape index (κ2) is 10.9. The minimum atomic E-state index is -5.08. The second-order valence-electron chi connectivity index (χ2n) is 7.83. The van der Waals surface area contributed by atoms with Crippen LogP contribution in [0.3, 0.4) is 0 Å². The van der Waals surface area contributed by atoms with E-state index >= 15 is 0 Å². The molecule has 1 aliphatic rings. The van der Waals surface area contributed by atoms with Crippen LogP contribution in [0.5, 0.6) is 11.6 Å². The Hall–Kier alpha value is -4.03. The number of fused-ring (bicyclic) bond motifs is 1. The summed E-state index contributed by atoms with van der Waals surface area (Å²) in [6, 6.07) is 14.5. The first-order chi connectivity index (χ1) is 17.3. The average Bonchev–Trinajstić information content (AvgIpc) is 2.84. The molecular formula is C24H20F6N2O5. The number of piperidine rings is 1. The summed E-state index contributed by atoms with van der Waals surface area (Å²) >= 11 is 0. The molecule has 0 aliphatic carbocycles. The van der Waals surface area contributed by atoms with Crippen LogP contribution in [-0.4, -0.2) is 65.3 Å². The number of halogens is 6. The van der Waals surface area contributed by atoms with Crippen molar-refractivity contribution in [2.45, 2.75) is 24.6 Å². The summed E-state index contributed by atoms with van der Waals surface area (Å²) < 4.78 is 85.7. The van der Waals surface area contributed by atoms with Gasteiger partial charge in [0.2, 0.25) is 5.88 Å². The number of carbonyl (C=O) groups is 2. The summed E-state index contributed by atoms with van der Waals surface area (Å²) in [6.07, 6.45) is -7.30. The van der Waals surface area contributed by atoms with Gasteiger partial charge in [-0.3, -0.25) is 4.79 Å². The molecule has 1 aromatic heterocycles. The van der Waals surface area contributed by atoms with Gasteiger partial charge in [0, 0.05) is 24.4 Å². The van der Waals surface area contributed by atoms with Crippen molar-refractivity contribution in [3.63, 3.8) is 0 Å². The van der Waals surface area contributed by atoms with Crippen LogP contribution in [0.1, 0.15) is 16.8 Å². The fraction of sp³-hybridized carbons (Fsp3) is 0.292. The molecule has 0 spiro atoms. The number of para-hydroxylation sites is 1. The molecule has 2 aromatic carbocycles. The summed E-state index contributed by atoms with van der Waals surface area (Å²) in [5.74, 6) is -7.33. The van der Waals surface area contributed by atoms with E-state index in [1.165, 1.54) is 25.3 Å². The first-order valence-electron chi connectivity index (χ1n) is 10.7. The fourth-order valence-electron chi connectivity index (χ4n) is 3.48. The highest BCUT2D eigenvalue weighted by atomic mass is 19.4. The number of amides is 1. The lowest BCUT2D eigenvalue weighted by Gasteiger charge is -2.38. The van der Waals surface area contributed by atoms with E-state index in [0.29, 0.717) is 5.52 Å². The van der Waals surface area contributed by atoms with Gasteiger partial charge in [-0.1, -0.05) is 24.3 Å². The Kier molecular flexibility index (Phi) is 8.14. The maximum absolute atomic E-state index is 14.5. The highest BCUT2D eigenvalue weighted by Gasteiger charge is 2.47. The number of methoxy groups -OCH3 is 1. The van der Waals surface area contributed by atoms with E-state index in [4.69, 9.17) is 19.4 Å². The van der Waals surface area contributed by atoms with Gasteiger partial charge in [0.1, 0.15) is 17.1 Å². The molecule has 2 heterocycles. The molecule has 0 radical (unpaired) electrons. The topological polar surface area (TPSA) is 89.0 Å². The lowest BCUT2D eigenvalue weighted by Crippen LogP contribution is -2.55. The minimum Gasteiger partial charge on any atom is -0.496 e. The Bertz CT molecular complexity index is 1280. The molecular weight excluding hydrogens is 510 g/mol. The number of carboxylic acid groups (broad SMARTS) is 1. The van der Waals surface area contributed by atoms with E-state index in [0.717, 1.165) is 16.4 Å². The smallest absolute Gasteiger partial charge is 0.490 e. The Balaban J connectivity index is 0.000000479. The predicted molar refractivity (Wildman–Crippen MR) is 118 cm³/mol. The van der Waals surface area contributed by atoms with Crippen LogP contribution in [0.4, 0.5) is 26.3 Å². The number of ether oxygens (including phenoxy) is 2. The van der Waals surface area contributed by atoms with E-state index < -0.39 is 48.9 Å². The molecule has 7 nitrogen and oxygen atoms in total. The van der Waals surface area contributed by atoms with Gasteiger partial charge in [-0.15, -0.1) is 0 Å². The maximum atomic E-state index is 14.5. The molecule has 37 heavy (non-hydrogen) atoms. The van der Waals surface area contributed by atoms with Crippen LogP contribution in [0.25, 0.3) is 10.9 Å². The second-order valence-corrected chi connectivity index (χ2v) is 7.83. The lowest BCUT2D eigenvalue weighted by atomic mass is 10.0. The number of likely N-dealkylation sites (tertiary alicyclic amines) is 1. The molecule has 1 atom stereocenters. The predicted octanol–water partition coefficient (Wildman–Crippen LogP) is 4.94. The number of carboxylic acids is 1. The van der Waals surface area contributed by atoms with Crippen LogP contribution in [0, 0.1) is 5.82 Å². The van der Waals surface area contributed by atoms with Gasteiger partial charge in [-0.25, -0.2) is 22.9 Å². The number of alkyl halides is 5. The molecule has 1 unspecified atom stereocenters. The zero-order chi connectivity index (χ0) is 27.4. The van der Waals surface area contributed by atoms with E-state index in [1.807, 2.05) is 12.1 Å². The van der Waals surface area contributed by atoms with Crippen molar-refractivity contribution in [1.82, 2.24) is 9.88 Å². The van der Waals surface area contributed by atoms with Crippen molar-refractivity contribution >= 4 is 22.8 Å². The number of nitrogens with zero attached hydrogens (tertiary/aromatic N) is 2. The van der Waals surface area contributed by atoms with Crippen molar-refractivity contribution in [3.05, 3.63) is 66.0 Å². The third-order valence-corrected chi connectivity index (χ3v) is 5.35. The van der Waals surface area contributed by atoms with Gasteiger partial charge in [-0.2, -0.15) is 13.2 Å². The number of rotatable bonds is 4. The molecule has 1 N–H and O–H groups in total. The Morgan fingerprint density at radius 2 is 1.76 bits per heavy atom. The zero-order valence-corrected chi connectivity index (χ0v) is 19.1. The van der Waals surface area contributed by atoms with Gasteiger partial charge in [-0.05, 0) is 24.3 Å². The number of carbonyl (C=O) groups excluding carboxylic acids is 1. The standard InChI is InChI=1S/C22H19F3N2O3.C2HF3O2/c1-29-17-8-4-6-15(23)20(17)21(28)27-12-11-22(24,25)18(13-27)30-19-10-9-14-5-2-3-7-16(14)26-19;3-2(4,5)1(6)7/h2-10,18H,11-13H2,1H3;(H,6,7). The van der Waals surface area contributed by atoms with Gasteiger partial charge in [0.15, 0.2) is 6.10 Å². The number of benzene rings is 2. The molecule has 4 rings (SSSR count). The molecule has 1 aliphatic heterocycles. The largest absolute Gasteiger partial charge is 0.496 e. The van der Waals surface area contributed by atoms with E-state index in [2.05, 4.69) is 4.98 Å². The van der Waals surface area contributed by atoms with Gasteiger partial charge in [0.25, 0.3) is 11.8 Å². The third kappa shape index (κ3) is 6.60. The van der Waals surface area contributed by atoms with Crippen LogP contribution < -0.4 is 9.47 Å². The zero-order valence-electron chi connectivity index (χ0n) is 19.1. The Morgan fingerprint density at radius 1 is 1.08 bits per heavy atom. The van der Waals surface area contributed by atoms with E-state index in [1.54, 1.807) is 18.2 Å². The number of pyridine rings is 1. The molecule has 13 heteroatoms. The monoisotopic (exact) mass is 530 g/mol. The van der Waals surface area contributed by atoms with E-state index in [9.17, 15) is 31.1 Å². The summed E-state index contributed by atoms with van der Waals surface area (Å²) in [5, 5.41) is 7.98. The molecule has 3 aromatic rings. The van der Waals surface area contributed by atoms with Gasteiger partial charge < -0.3 is 19.5 Å². The van der Waals surface area contributed by atoms with Crippen molar-refractivity contribution < 1.29 is 50.5 Å². The minimum absolute atomic E-state index is 0.0381. The maximum Gasteiger partial charge on any atom is 0.490 e. The van der Waals surface area contributed by atoms with Crippen molar-refractivity contribution in [3.8, 4) is 11.6 Å². The Morgan fingerprint density at radius 3 is 2.41 bits per heavy atom. The highest BCUT2D eigenvalue weighted by molar-refractivity contribution is 5.97. The van der Waals surface area contributed by atoms with Crippen molar-refractivity contribution in [2.24, 2.45) is 0 Å². The fourth-order valence-corrected chi connectivity index (χ4v) is 3.48. The molecule has 1 saturated heterocycles. The molecule has 198 valence electrons. The SMILES string of the molecule is COc1cccc(F)c1C(=O)N1CCC(F)(F)C(Oc2ccc3ccccc3n2)C1.O=C(O)C(F)(F)F. The number of aliphatic carboxylic acids is 1. The molecule has 0 bridgehead atoms. The van der Waals surface area contributed by atoms with Crippen LogP contribution in [0.2, 0.25) is 0 Å². The lowest BCUT2D eigenvalue weighted by molar-refractivity contribution is -0.192. The first kappa shape index (κ1) is 27.6. The highest BCUT2D eigenvalue weighted by Crippen LogP contribution is 2.33. The van der Waals surface area contributed by atoms with Crippen LogP contribution in [0.15, 0.2) is 54.6 Å². The van der Waals surface area contributed by atoms with Gasteiger partial charge in [0.05, 0.1) is 19.2 Å². The summed E-state index contributed by atoms with van der Waals surface area (Å²) in [6.45, 7) is -0.633. The third-order valence-electron chi connectivity index (χ3n) is 5.35. The first-order valence-corrected chi connectivity index (χ1v) is 10.7. The van der Waals surface area contributed by atoms with E-state index in [-0.39, 0.29) is 23.7 Å². The Labute approximate surface area is 206 Å². The number of hydrogen-bond acceptors (Lipinski definition) is 5. The quantitative estimate of drug-likeness (QED) is 0.481. The van der Waals surface area contributed by atoms with Crippen LogP contribution in [-0.2, 0) is 4.79 Å². The summed E-state index contributed by atoms with van der Waals surface area (Å²) in [4.78, 5) is 27.2. The number of aromatic nitrogens is 1. The molecule has 0 saturated carbocycles. The average molecular weight is 530 g/mol. The van der Waals surface area contributed by atoms with Gasteiger partial charge >= 0.3 is 12.1 Å². The molecule has 1 fully saturated rings. The molecule has 1 amide bonds. The summed E-state index contributed by atoms with van der Waals surface area (Å²) in [7, 11) is 1.31. The summed E-state index contributed by atoms with van der Waals surface area (Å²) in [5.41, 5.74) is 0.325. The van der Waals surface area contributed by atoms with Crippen LogP contribution >= 0.6 is 0 Å². The number of hydrogen-bond donors (Lipinski definition) is 1. The van der Waals surface area contributed by atoms with Crippen molar-refractivity contribution in [1.29, 1.82) is 0 Å².